The topological polar surface area (TPSA) is 89.9 Å². The molecule has 1 fully saturated rings. The minimum atomic E-state index is -3.52. The standard InChI is InChI=1S/C13H24O6S/c1-12(2,3)13(8-11(14)15)7-5-6-10(19-13)9-18-20(4,16)17/h10H,5-9H2,1-4H3,(H,14,15). The van der Waals surface area contributed by atoms with Gasteiger partial charge in [-0.25, -0.2) is 0 Å². The number of carbonyl (C=O) groups is 1. The summed E-state index contributed by atoms with van der Waals surface area (Å²) in [5.41, 5.74) is -1.14. The van der Waals surface area contributed by atoms with E-state index in [1.54, 1.807) is 0 Å². The maximum Gasteiger partial charge on any atom is 0.306 e. The minimum Gasteiger partial charge on any atom is -0.481 e. The fraction of sp³-hybridized carbons (Fsp3) is 0.923. The summed E-state index contributed by atoms with van der Waals surface area (Å²) >= 11 is 0. The zero-order valence-electron chi connectivity index (χ0n) is 12.5. The molecular weight excluding hydrogens is 284 g/mol. The van der Waals surface area contributed by atoms with Crippen molar-refractivity contribution in [2.75, 3.05) is 12.9 Å². The molecule has 0 radical (unpaired) electrons. The van der Waals surface area contributed by atoms with Crippen molar-refractivity contribution in [3.8, 4) is 0 Å². The maximum absolute atomic E-state index is 11.1. The first-order chi connectivity index (χ1) is 8.95. The smallest absolute Gasteiger partial charge is 0.306 e. The highest BCUT2D eigenvalue weighted by molar-refractivity contribution is 7.85. The van der Waals surface area contributed by atoms with Crippen molar-refractivity contribution < 1.29 is 27.2 Å². The Morgan fingerprint density at radius 1 is 1.45 bits per heavy atom. The van der Waals surface area contributed by atoms with E-state index < -0.39 is 27.8 Å². The molecule has 2 atom stereocenters. The lowest BCUT2D eigenvalue weighted by molar-refractivity contribution is -0.199. The van der Waals surface area contributed by atoms with Crippen LogP contribution in [0.5, 0.6) is 0 Å². The van der Waals surface area contributed by atoms with Crippen LogP contribution in [0.25, 0.3) is 0 Å². The first kappa shape index (κ1) is 17.4. The molecule has 6 nitrogen and oxygen atoms in total. The SMILES string of the molecule is CC(C)(C)C1(CC(=O)O)CCCC(COS(C)(=O)=O)O1. The summed E-state index contributed by atoms with van der Waals surface area (Å²) in [7, 11) is -3.52. The summed E-state index contributed by atoms with van der Waals surface area (Å²) in [6.07, 6.45) is 2.63. The molecule has 1 heterocycles. The van der Waals surface area contributed by atoms with Crippen LogP contribution in [-0.4, -0.2) is 44.1 Å². The Kier molecular flexibility index (Phi) is 5.21. The molecule has 1 saturated heterocycles. The van der Waals surface area contributed by atoms with E-state index >= 15 is 0 Å². The molecule has 0 spiro atoms. The van der Waals surface area contributed by atoms with E-state index in [9.17, 15) is 13.2 Å². The maximum atomic E-state index is 11.1. The van der Waals surface area contributed by atoms with Crippen molar-refractivity contribution in [3.63, 3.8) is 0 Å². The van der Waals surface area contributed by atoms with E-state index in [0.29, 0.717) is 12.8 Å². The van der Waals surface area contributed by atoms with Gasteiger partial charge in [0.15, 0.2) is 0 Å². The minimum absolute atomic E-state index is 0.0592. The van der Waals surface area contributed by atoms with Crippen molar-refractivity contribution in [1.29, 1.82) is 0 Å². The van der Waals surface area contributed by atoms with E-state index in [1.165, 1.54) is 0 Å². The van der Waals surface area contributed by atoms with Crippen LogP contribution in [0, 0.1) is 5.41 Å². The van der Waals surface area contributed by atoms with E-state index in [2.05, 4.69) is 0 Å². The molecule has 0 aromatic carbocycles. The Morgan fingerprint density at radius 3 is 2.50 bits per heavy atom. The molecule has 0 amide bonds. The molecule has 1 N–H and O–H groups in total. The van der Waals surface area contributed by atoms with Gasteiger partial charge in [-0.2, -0.15) is 8.42 Å². The van der Waals surface area contributed by atoms with Crippen LogP contribution in [0.3, 0.4) is 0 Å². The summed E-state index contributed by atoms with van der Waals surface area (Å²) in [6.45, 7) is 5.76. The highest BCUT2D eigenvalue weighted by Crippen LogP contribution is 2.44. The molecule has 118 valence electrons. The van der Waals surface area contributed by atoms with Crippen molar-refractivity contribution in [2.45, 2.75) is 58.2 Å². The van der Waals surface area contributed by atoms with Gasteiger partial charge in [0.25, 0.3) is 10.1 Å². The number of hydrogen-bond donors (Lipinski definition) is 1. The van der Waals surface area contributed by atoms with E-state index in [1.807, 2.05) is 20.8 Å². The Balaban J connectivity index is 2.84. The van der Waals surface area contributed by atoms with E-state index in [-0.39, 0.29) is 18.4 Å². The number of ether oxygens (including phenoxy) is 1. The predicted molar refractivity (Wildman–Crippen MR) is 74.0 cm³/mol. The number of carboxylic acids is 1. The largest absolute Gasteiger partial charge is 0.481 e. The molecular formula is C13H24O6S. The second-order valence-electron chi connectivity index (χ2n) is 6.44. The van der Waals surface area contributed by atoms with Crippen molar-refractivity contribution in [3.05, 3.63) is 0 Å². The van der Waals surface area contributed by atoms with E-state index in [4.69, 9.17) is 14.0 Å². The quantitative estimate of drug-likeness (QED) is 0.779. The van der Waals surface area contributed by atoms with Crippen LogP contribution < -0.4 is 0 Å². The first-order valence-corrected chi connectivity index (χ1v) is 8.51. The molecule has 1 rings (SSSR count). The third kappa shape index (κ3) is 4.71. The summed E-state index contributed by atoms with van der Waals surface area (Å²) in [6, 6.07) is 0. The molecule has 20 heavy (non-hydrogen) atoms. The van der Waals surface area contributed by atoms with Crippen LogP contribution in [0.2, 0.25) is 0 Å². The molecule has 0 aromatic rings. The van der Waals surface area contributed by atoms with Crippen molar-refractivity contribution >= 4 is 16.1 Å². The average Bonchev–Trinajstić information content (AvgIpc) is 2.23. The van der Waals surface area contributed by atoms with Gasteiger partial charge in [-0.05, 0) is 24.7 Å². The lowest BCUT2D eigenvalue weighted by Crippen LogP contribution is -2.52. The third-order valence-corrected chi connectivity index (χ3v) is 4.33. The van der Waals surface area contributed by atoms with Gasteiger partial charge >= 0.3 is 5.97 Å². The summed E-state index contributed by atoms with van der Waals surface area (Å²) < 4.78 is 32.8. The van der Waals surface area contributed by atoms with Crippen LogP contribution in [0.4, 0.5) is 0 Å². The van der Waals surface area contributed by atoms with Gasteiger partial charge < -0.3 is 9.84 Å². The molecule has 0 aromatic heterocycles. The Morgan fingerprint density at radius 2 is 2.05 bits per heavy atom. The van der Waals surface area contributed by atoms with Crippen LogP contribution in [-0.2, 0) is 23.8 Å². The summed E-state index contributed by atoms with van der Waals surface area (Å²) in [4.78, 5) is 11.1. The fourth-order valence-electron chi connectivity index (χ4n) is 2.56. The Labute approximate surface area is 120 Å². The molecule has 0 saturated carbocycles. The molecule has 0 aliphatic carbocycles. The number of hydrogen-bond acceptors (Lipinski definition) is 5. The normalized spacial score (nSPS) is 28.3. The van der Waals surface area contributed by atoms with Crippen LogP contribution in [0.15, 0.2) is 0 Å². The first-order valence-electron chi connectivity index (χ1n) is 6.69. The van der Waals surface area contributed by atoms with Crippen LogP contribution >= 0.6 is 0 Å². The number of carboxylic acid groups (broad SMARTS) is 1. The summed E-state index contributed by atoms with van der Waals surface area (Å²) in [5, 5.41) is 9.13. The van der Waals surface area contributed by atoms with E-state index in [0.717, 1.165) is 12.7 Å². The Bertz CT molecular complexity index is 450. The highest BCUT2D eigenvalue weighted by atomic mass is 32.2. The monoisotopic (exact) mass is 308 g/mol. The number of aliphatic carboxylic acids is 1. The zero-order valence-corrected chi connectivity index (χ0v) is 13.3. The Hall–Kier alpha value is -0.660. The average molecular weight is 308 g/mol. The zero-order chi connectivity index (χ0) is 15.6. The lowest BCUT2D eigenvalue weighted by Gasteiger charge is -2.48. The molecule has 2 unspecified atom stereocenters. The third-order valence-electron chi connectivity index (χ3n) is 3.77. The van der Waals surface area contributed by atoms with Gasteiger partial charge in [0.1, 0.15) is 0 Å². The molecule has 0 bridgehead atoms. The van der Waals surface area contributed by atoms with Gasteiger partial charge in [-0.3, -0.25) is 8.98 Å². The summed E-state index contributed by atoms with van der Waals surface area (Å²) in [5.74, 6) is -0.912. The molecule has 7 heteroatoms. The van der Waals surface area contributed by atoms with Crippen molar-refractivity contribution in [1.82, 2.24) is 0 Å². The van der Waals surface area contributed by atoms with Crippen LogP contribution in [0.1, 0.15) is 46.5 Å². The van der Waals surface area contributed by atoms with Gasteiger partial charge in [0.05, 0.1) is 31.0 Å². The molecule has 1 aliphatic heterocycles. The van der Waals surface area contributed by atoms with Gasteiger partial charge in [0, 0.05) is 0 Å². The van der Waals surface area contributed by atoms with Crippen molar-refractivity contribution in [2.24, 2.45) is 5.41 Å². The highest BCUT2D eigenvalue weighted by Gasteiger charge is 2.48. The second-order valence-corrected chi connectivity index (χ2v) is 8.08. The number of rotatable bonds is 5. The molecule has 1 aliphatic rings. The predicted octanol–water partition coefficient (Wildman–Crippen LogP) is 1.79. The fourth-order valence-corrected chi connectivity index (χ4v) is 2.96. The van der Waals surface area contributed by atoms with Gasteiger partial charge in [0.2, 0.25) is 0 Å². The lowest BCUT2D eigenvalue weighted by atomic mass is 9.70. The van der Waals surface area contributed by atoms with Gasteiger partial charge in [-0.15, -0.1) is 0 Å². The van der Waals surface area contributed by atoms with Gasteiger partial charge in [-0.1, -0.05) is 20.8 Å². The second kappa shape index (κ2) is 5.99.